The number of Topliss-reactive ketones (excluding diaryl/α,β-unsaturated/α-hetero) is 1. The second-order valence-corrected chi connectivity index (χ2v) is 7.13. The van der Waals surface area contributed by atoms with Crippen molar-refractivity contribution in [3.63, 3.8) is 0 Å². The third-order valence-corrected chi connectivity index (χ3v) is 5.43. The van der Waals surface area contributed by atoms with Crippen LogP contribution in [-0.4, -0.2) is 56.3 Å². The number of amides is 2. The lowest BCUT2D eigenvalue weighted by atomic mass is 9.89. The summed E-state index contributed by atoms with van der Waals surface area (Å²) in [6.45, 7) is -0.628. The molecule has 156 valence electrons. The summed E-state index contributed by atoms with van der Waals surface area (Å²) in [4.78, 5) is 51.0. The van der Waals surface area contributed by atoms with E-state index in [9.17, 15) is 24.3 Å². The monoisotopic (exact) mass is 444 g/mol. The molecule has 3 N–H and O–H groups in total. The van der Waals surface area contributed by atoms with Gasteiger partial charge in [-0.15, -0.1) is 0 Å². The molecule has 7 nitrogen and oxygen atoms in total. The van der Waals surface area contributed by atoms with Crippen molar-refractivity contribution in [1.29, 1.82) is 0 Å². The molecular formula is C21H20N2O5S2. The summed E-state index contributed by atoms with van der Waals surface area (Å²) in [7, 11) is 0. The lowest BCUT2D eigenvalue weighted by Gasteiger charge is -2.38. The fourth-order valence-corrected chi connectivity index (χ4v) is 3.84. The molecule has 2 aromatic rings. The molecule has 9 heteroatoms. The summed E-state index contributed by atoms with van der Waals surface area (Å²) >= 11 is 9.42. The van der Waals surface area contributed by atoms with Gasteiger partial charge in [0.1, 0.15) is 0 Å². The number of carboxylic acids is 1. The molecule has 2 amide bonds. The topological polar surface area (TPSA) is 118 Å². The number of benzene rings is 2. The minimum absolute atomic E-state index is 0.0731. The van der Waals surface area contributed by atoms with Gasteiger partial charge in [-0.3, -0.25) is 19.3 Å². The second-order valence-electron chi connectivity index (χ2n) is 6.32. The normalized spacial score (nSPS) is 12.5. The van der Waals surface area contributed by atoms with Gasteiger partial charge in [-0.05, 0) is 12.1 Å². The van der Waals surface area contributed by atoms with Crippen molar-refractivity contribution in [1.82, 2.24) is 4.90 Å². The first kappa shape index (κ1) is 23.4. The number of imide groups is 1. The van der Waals surface area contributed by atoms with Gasteiger partial charge >= 0.3 is 5.97 Å². The molecule has 1 atom stereocenters. The Morgan fingerprint density at radius 1 is 0.967 bits per heavy atom. The van der Waals surface area contributed by atoms with E-state index in [0.717, 1.165) is 0 Å². The highest BCUT2D eigenvalue weighted by Gasteiger charge is 2.52. The Balaban J connectivity index is 2.53. The average molecular weight is 445 g/mol. The second kappa shape index (κ2) is 10.2. The molecule has 0 radical (unpaired) electrons. The van der Waals surface area contributed by atoms with Gasteiger partial charge in [0, 0.05) is 28.2 Å². The summed E-state index contributed by atoms with van der Waals surface area (Å²) in [5, 5.41) is 10.1. The van der Waals surface area contributed by atoms with Crippen LogP contribution in [0.5, 0.6) is 0 Å². The largest absolute Gasteiger partial charge is 0.479 e. The van der Waals surface area contributed by atoms with Crippen LogP contribution in [0.1, 0.15) is 27.1 Å². The molecule has 0 aliphatic heterocycles. The smallest absolute Gasteiger partial charge is 0.336 e. The number of aliphatic carboxylic acids is 1. The number of rotatable bonds is 9. The standard InChI is InChI=1S/C21H20N2O5S2/c22-12-18(25)23(19(26)15-9-5-2-6-10-15)21(13-29,20(27)28)17(30)11-16(24)14-7-3-1-4-8-14/h1-10,29H,11-13,22H2,(H,27,28)/t21-/m0/s1. The molecule has 2 rings (SSSR count). The van der Waals surface area contributed by atoms with Gasteiger partial charge in [0.15, 0.2) is 11.3 Å². The van der Waals surface area contributed by atoms with E-state index < -0.39 is 47.8 Å². The van der Waals surface area contributed by atoms with Crippen LogP contribution in [0.2, 0.25) is 0 Å². The van der Waals surface area contributed by atoms with Crippen molar-refractivity contribution in [2.75, 3.05) is 12.3 Å². The van der Waals surface area contributed by atoms with Gasteiger partial charge in [-0.1, -0.05) is 60.7 Å². The van der Waals surface area contributed by atoms with Crippen LogP contribution in [0.15, 0.2) is 60.7 Å². The SMILES string of the molecule is NCC(=O)N(C(=O)c1ccccc1)[C@](CS)(C(=O)O)C(=S)CC(=O)c1ccccc1. The minimum atomic E-state index is -2.33. The molecule has 30 heavy (non-hydrogen) atoms. The molecule has 0 spiro atoms. The Hall–Kier alpha value is -2.88. The molecule has 0 unspecified atom stereocenters. The molecule has 0 aromatic heterocycles. The van der Waals surface area contributed by atoms with Crippen LogP contribution in [0.4, 0.5) is 0 Å². The van der Waals surface area contributed by atoms with Crippen molar-refractivity contribution in [3.8, 4) is 0 Å². The molecule has 0 aliphatic carbocycles. The number of hydrogen-bond acceptors (Lipinski definition) is 7. The van der Waals surface area contributed by atoms with Crippen LogP contribution in [0.25, 0.3) is 0 Å². The Morgan fingerprint density at radius 2 is 1.47 bits per heavy atom. The lowest BCUT2D eigenvalue weighted by molar-refractivity contribution is -0.149. The summed E-state index contributed by atoms with van der Waals surface area (Å²) < 4.78 is 0. The van der Waals surface area contributed by atoms with Crippen molar-refractivity contribution in [2.24, 2.45) is 5.73 Å². The third kappa shape index (κ3) is 4.64. The summed E-state index contributed by atoms with van der Waals surface area (Å²) in [6, 6.07) is 15.8. The van der Waals surface area contributed by atoms with E-state index in [1.807, 2.05) is 0 Å². The van der Waals surface area contributed by atoms with Crippen LogP contribution in [0, 0.1) is 0 Å². The number of hydrogen-bond donors (Lipinski definition) is 3. The first-order valence-corrected chi connectivity index (χ1v) is 9.92. The Morgan fingerprint density at radius 3 is 1.90 bits per heavy atom. The number of carbonyl (C=O) groups excluding carboxylic acids is 3. The maximum Gasteiger partial charge on any atom is 0.336 e. The lowest BCUT2D eigenvalue weighted by Crippen LogP contribution is -2.66. The number of thiocarbonyl (C=S) groups is 1. The predicted octanol–water partition coefficient (Wildman–Crippen LogP) is 2.01. The maximum absolute atomic E-state index is 13.1. The van der Waals surface area contributed by atoms with Crippen LogP contribution in [0.3, 0.4) is 0 Å². The minimum Gasteiger partial charge on any atom is -0.479 e. The first-order valence-electron chi connectivity index (χ1n) is 8.88. The predicted molar refractivity (Wildman–Crippen MR) is 119 cm³/mol. The number of ketones is 1. The van der Waals surface area contributed by atoms with Gasteiger partial charge in [0.2, 0.25) is 5.91 Å². The average Bonchev–Trinajstić information content (AvgIpc) is 2.77. The highest BCUT2D eigenvalue weighted by molar-refractivity contribution is 7.82. The van der Waals surface area contributed by atoms with Crippen LogP contribution < -0.4 is 5.73 Å². The van der Waals surface area contributed by atoms with Crippen LogP contribution >= 0.6 is 24.8 Å². The van der Waals surface area contributed by atoms with E-state index in [0.29, 0.717) is 10.5 Å². The van der Waals surface area contributed by atoms with E-state index in [4.69, 9.17) is 18.0 Å². The third-order valence-electron chi connectivity index (χ3n) is 4.49. The molecular weight excluding hydrogens is 424 g/mol. The van der Waals surface area contributed by atoms with Crippen LogP contribution in [-0.2, 0) is 9.59 Å². The number of nitrogens with two attached hydrogens (primary N) is 1. The maximum atomic E-state index is 13.1. The van der Waals surface area contributed by atoms with E-state index in [1.54, 1.807) is 48.5 Å². The number of carboxylic acid groups (broad SMARTS) is 1. The van der Waals surface area contributed by atoms with E-state index in [2.05, 4.69) is 12.6 Å². The number of thiol groups is 1. The molecule has 2 aromatic carbocycles. The molecule has 0 saturated carbocycles. The molecule has 0 bridgehead atoms. The summed E-state index contributed by atoms with van der Waals surface area (Å²) in [5.74, 6) is -4.38. The van der Waals surface area contributed by atoms with Crippen molar-refractivity contribution < 1.29 is 24.3 Å². The highest BCUT2D eigenvalue weighted by atomic mass is 32.1. The molecule has 0 saturated heterocycles. The number of carbonyl (C=O) groups is 4. The zero-order chi connectivity index (χ0) is 22.3. The van der Waals surface area contributed by atoms with Gasteiger partial charge in [-0.25, -0.2) is 4.79 Å². The van der Waals surface area contributed by atoms with E-state index in [1.165, 1.54) is 12.1 Å². The summed E-state index contributed by atoms with van der Waals surface area (Å²) in [6.07, 6.45) is -0.470. The Labute approximate surface area is 184 Å². The van der Waals surface area contributed by atoms with Gasteiger partial charge in [-0.2, -0.15) is 12.6 Å². The molecule has 0 aliphatic rings. The molecule has 0 fully saturated rings. The van der Waals surface area contributed by atoms with Gasteiger partial charge < -0.3 is 10.8 Å². The zero-order valence-corrected chi connectivity index (χ0v) is 17.6. The quantitative estimate of drug-likeness (QED) is 0.308. The Kier molecular flexibility index (Phi) is 7.99. The zero-order valence-electron chi connectivity index (χ0n) is 15.9. The molecule has 0 heterocycles. The fourth-order valence-electron chi connectivity index (χ4n) is 2.88. The highest BCUT2D eigenvalue weighted by Crippen LogP contribution is 2.26. The summed E-state index contributed by atoms with van der Waals surface area (Å²) in [5.41, 5.74) is 3.53. The van der Waals surface area contributed by atoms with Gasteiger partial charge in [0.05, 0.1) is 6.54 Å². The van der Waals surface area contributed by atoms with E-state index >= 15 is 0 Å². The van der Waals surface area contributed by atoms with Crippen molar-refractivity contribution in [3.05, 3.63) is 71.8 Å². The number of nitrogens with zero attached hydrogens (tertiary/aromatic N) is 1. The van der Waals surface area contributed by atoms with Gasteiger partial charge in [0.25, 0.3) is 5.91 Å². The first-order chi connectivity index (χ1) is 14.3. The van der Waals surface area contributed by atoms with E-state index in [-0.39, 0.29) is 10.4 Å². The van der Waals surface area contributed by atoms with Crippen molar-refractivity contribution >= 4 is 53.3 Å². The van der Waals surface area contributed by atoms with Crippen molar-refractivity contribution in [2.45, 2.75) is 12.0 Å². The Bertz CT molecular complexity index is 966. The fraction of sp³-hybridized carbons (Fsp3) is 0.190.